The molecule has 0 aliphatic carbocycles. The van der Waals surface area contributed by atoms with Crippen LogP contribution in [0.1, 0.15) is 10.5 Å². The highest BCUT2D eigenvalue weighted by Crippen LogP contribution is 2.29. The van der Waals surface area contributed by atoms with Gasteiger partial charge in [-0.05, 0) is 24.3 Å². The number of halogens is 3. The Bertz CT molecular complexity index is 874. The van der Waals surface area contributed by atoms with Gasteiger partial charge < -0.3 is 5.11 Å². The first kappa shape index (κ1) is 13.2. The molecule has 0 saturated heterocycles. The summed E-state index contributed by atoms with van der Waals surface area (Å²) in [5.74, 6) is -5.84. The van der Waals surface area contributed by atoms with Crippen molar-refractivity contribution in [1.82, 2.24) is 9.38 Å². The van der Waals surface area contributed by atoms with E-state index in [1.54, 1.807) is 12.1 Å². The van der Waals surface area contributed by atoms with Crippen LogP contribution in [-0.2, 0) is 0 Å². The molecule has 1 aromatic carbocycles. The lowest BCUT2D eigenvalue weighted by atomic mass is 10.1. The Kier molecular flexibility index (Phi) is 2.90. The molecule has 0 spiro atoms. The fourth-order valence-electron chi connectivity index (χ4n) is 2.10. The van der Waals surface area contributed by atoms with Crippen LogP contribution in [0.2, 0.25) is 0 Å². The molecule has 0 amide bonds. The minimum Gasteiger partial charge on any atom is -0.476 e. The zero-order chi connectivity index (χ0) is 15.1. The molecule has 4 nitrogen and oxygen atoms in total. The summed E-state index contributed by atoms with van der Waals surface area (Å²) in [6, 6.07) is 6.41. The molecule has 0 aliphatic rings. The van der Waals surface area contributed by atoms with Gasteiger partial charge >= 0.3 is 5.97 Å². The lowest BCUT2D eigenvalue weighted by Crippen LogP contribution is -2.04. The summed E-state index contributed by atoms with van der Waals surface area (Å²) in [4.78, 5) is 15.4. The number of carboxylic acids is 1. The van der Waals surface area contributed by atoms with Crippen LogP contribution >= 0.6 is 0 Å². The van der Waals surface area contributed by atoms with E-state index in [4.69, 9.17) is 0 Å². The second kappa shape index (κ2) is 4.62. The maximum Gasteiger partial charge on any atom is 0.355 e. The second-order valence-electron chi connectivity index (χ2n) is 4.27. The van der Waals surface area contributed by atoms with E-state index < -0.39 is 29.0 Å². The van der Waals surface area contributed by atoms with Gasteiger partial charge in [0.1, 0.15) is 11.3 Å². The standard InChI is InChI=1S/C14H7F3N2O2/c15-8-5-4-7(10(16)11(8)17)12-13(14(20)21)19-6-2-1-3-9(19)18-12/h1-6H,(H,20,21). The molecule has 0 radical (unpaired) electrons. The number of carboxylic acid groups (broad SMARTS) is 1. The summed E-state index contributed by atoms with van der Waals surface area (Å²) in [6.07, 6.45) is 1.44. The monoisotopic (exact) mass is 292 g/mol. The molecule has 2 heterocycles. The second-order valence-corrected chi connectivity index (χ2v) is 4.27. The van der Waals surface area contributed by atoms with E-state index in [2.05, 4.69) is 4.98 Å². The van der Waals surface area contributed by atoms with Gasteiger partial charge in [-0.3, -0.25) is 4.40 Å². The van der Waals surface area contributed by atoms with Crippen molar-refractivity contribution in [2.24, 2.45) is 0 Å². The number of hydrogen-bond donors (Lipinski definition) is 1. The van der Waals surface area contributed by atoms with E-state index in [0.717, 1.165) is 12.1 Å². The van der Waals surface area contributed by atoms with Crippen LogP contribution in [0.5, 0.6) is 0 Å². The summed E-state index contributed by atoms with van der Waals surface area (Å²) in [5.41, 5.74) is -0.732. The third-order valence-corrected chi connectivity index (χ3v) is 3.02. The van der Waals surface area contributed by atoms with Crippen LogP contribution in [-0.4, -0.2) is 20.5 Å². The van der Waals surface area contributed by atoms with Gasteiger partial charge in [-0.1, -0.05) is 6.07 Å². The number of aromatic carboxylic acids is 1. The Morgan fingerprint density at radius 2 is 1.86 bits per heavy atom. The lowest BCUT2D eigenvalue weighted by Gasteiger charge is -2.03. The highest BCUT2D eigenvalue weighted by Gasteiger charge is 2.24. The molecule has 3 aromatic rings. The Balaban J connectivity index is 2.38. The van der Waals surface area contributed by atoms with Crippen molar-refractivity contribution >= 4 is 11.6 Å². The number of benzene rings is 1. The molecule has 3 rings (SSSR count). The van der Waals surface area contributed by atoms with E-state index >= 15 is 0 Å². The molecular formula is C14H7F3N2O2. The molecule has 0 unspecified atom stereocenters. The first-order chi connectivity index (χ1) is 10.0. The van der Waals surface area contributed by atoms with Crippen molar-refractivity contribution in [3.63, 3.8) is 0 Å². The van der Waals surface area contributed by atoms with Crippen molar-refractivity contribution in [3.8, 4) is 11.3 Å². The van der Waals surface area contributed by atoms with Crippen LogP contribution in [0.25, 0.3) is 16.9 Å². The largest absolute Gasteiger partial charge is 0.476 e. The van der Waals surface area contributed by atoms with Crippen molar-refractivity contribution in [1.29, 1.82) is 0 Å². The molecule has 0 aliphatic heterocycles. The number of carbonyl (C=O) groups is 1. The van der Waals surface area contributed by atoms with Crippen LogP contribution < -0.4 is 0 Å². The van der Waals surface area contributed by atoms with Gasteiger partial charge in [0.2, 0.25) is 0 Å². The van der Waals surface area contributed by atoms with E-state index in [-0.39, 0.29) is 17.0 Å². The molecule has 1 N–H and O–H groups in total. The molecule has 0 saturated carbocycles. The Labute approximate surface area is 116 Å². The number of hydrogen-bond acceptors (Lipinski definition) is 2. The van der Waals surface area contributed by atoms with Crippen LogP contribution in [0, 0.1) is 17.5 Å². The van der Waals surface area contributed by atoms with Gasteiger partial charge in [0, 0.05) is 11.8 Å². The third kappa shape index (κ3) is 1.94. The van der Waals surface area contributed by atoms with Crippen molar-refractivity contribution < 1.29 is 23.1 Å². The average molecular weight is 292 g/mol. The van der Waals surface area contributed by atoms with E-state index in [1.807, 2.05) is 0 Å². The van der Waals surface area contributed by atoms with Crippen LogP contribution in [0.4, 0.5) is 13.2 Å². The van der Waals surface area contributed by atoms with Gasteiger partial charge in [-0.25, -0.2) is 22.9 Å². The fourth-order valence-corrected chi connectivity index (χ4v) is 2.10. The summed E-state index contributed by atoms with van der Waals surface area (Å²) in [6.45, 7) is 0. The minimum absolute atomic E-state index is 0.258. The van der Waals surface area contributed by atoms with Gasteiger partial charge in [-0.2, -0.15) is 0 Å². The number of fused-ring (bicyclic) bond motifs is 1. The summed E-state index contributed by atoms with van der Waals surface area (Å²) >= 11 is 0. The Hall–Kier alpha value is -2.83. The molecular weight excluding hydrogens is 285 g/mol. The highest BCUT2D eigenvalue weighted by molar-refractivity contribution is 5.94. The fraction of sp³-hybridized carbons (Fsp3) is 0. The summed E-state index contributed by atoms with van der Waals surface area (Å²) in [5, 5.41) is 9.28. The van der Waals surface area contributed by atoms with Gasteiger partial charge in [0.05, 0.1) is 0 Å². The zero-order valence-corrected chi connectivity index (χ0v) is 10.3. The predicted octanol–water partition coefficient (Wildman–Crippen LogP) is 3.12. The molecule has 21 heavy (non-hydrogen) atoms. The maximum absolute atomic E-state index is 13.9. The molecule has 2 aromatic heterocycles. The van der Waals surface area contributed by atoms with Crippen molar-refractivity contribution in [2.45, 2.75) is 0 Å². The molecule has 0 atom stereocenters. The topological polar surface area (TPSA) is 54.6 Å². The first-order valence-corrected chi connectivity index (χ1v) is 5.85. The van der Waals surface area contributed by atoms with Gasteiger partial charge in [-0.15, -0.1) is 0 Å². The smallest absolute Gasteiger partial charge is 0.355 e. The summed E-state index contributed by atoms with van der Waals surface area (Å²) in [7, 11) is 0. The van der Waals surface area contributed by atoms with E-state index in [1.165, 1.54) is 16.7 Å². The normalized spacial score (nSPS) is 11.0. The van der Waals surface area contributed by atoms with E-state index in [9.17, 15) is 23.1 Å². The number of pyridine rings is 1. The Morgan fingerprint density at radius 3 is 2.57 bits per heavy atom. The predicted molar refractivity (Wildman–Crippen MR) is 67.5 cm³/mol. The van der Waals surface area contributed by atoms with Gasteiger partial charge in [0.15, 0.2) is 23.1 Å². The SMILES string of the molecule is O=C(O)c1c(-c2ccc(F)c(F)c2F)nc2ccccn12. The van der Waals surface area contributed by atoms with Crippen molar-refractivity contribution in [2.75, 3.05) is 0 Å². The molecule has 0 bridgehead atoms. The van der Waals surface area contributed by atoms with Crippen LogP contribution in [0.15, 0.2) is 36.5 Å². The lowest BCUT2D eigenvalue weighted by molar-refractivity contribution is 0.0690. The molecule has 106 valence electrons. The number of imidazole rings is 1. The zero-order valence-electron chi connectivity index (χ0n) is 10.3. The highest BCUT2D eigenvalue weighted by atomic mass is 19.2. The summed E-state index contributed by atoms with van der Waals surface area (Å²) < 4.78 is 41.4. The average Bonchev–Trinajstić information content (AvgIpc) is 2.84. The first-order valence-electron chi connectivity index (χ1n) is 5.85. The number of aromatic nitrogens is 2. The number of nitrogens with zero attached hydrogens (tertiary/aromatic N) is 2. The van der Waals surface area contributed by atoms with Gasteiger partial charge in [0.25, 0.3) is 0 Å². The third-order valence-electron chi connectivity index (χ3n) is 3.02. The van der Waals surface area contributed by atoms with E-state index in [0.29, 0.717) is 0 Å². The quantitative estimate of drug-likeness (QED) is 0.738. The maximum atomic E-state index is 13.9. The minimum atomic E-state index is -1.67. The van der Waals surface area contributed by atoms with Crippen LogP contribution in [0.3, 0.4) is 0 Å². The Morgan fingerprint density at radius 1 is 1.10 bits per heavy atom. The molecule has 7 heteroatoms. The number of rotatable bonds is 2. The van der Waals surface area contributed by atoms with Crippen molar-refractivity contribution in [3.05, 3.63) is 59.7 Å². The molecule has 0 fully saturated rings.